The van der Waals surface area contributed by atoms with Crippen molar-refractivity contribution in [3.63, 3.8) is 0 Å². The molecule has 0 radical (unpaired) electrons. The summed E-state index contributed by atoms with van der Waals surface area (Å²) in [4.78, 5) is 10.8. The maximum atomic E-state index is 10.8. The quantitative estimate of drug-likeness (QED) is 0.260. The Morgan fingerprint density at radius 1 is 1.42 bits per heavy atom. The highest BCUT2D eigenvalue weighted by atomic mass is 16.5. The van der Waals surface area contributed by atoms with Crippen LogP contribution in [0.3, 0.4) is 0 Å². The van der Waals surface area contributed by atoms with Crippen LogP contribution in [0.1, 0.15) is 13.8 Å². The third-order valence-corrected chi connectivity index (χ3v) is 1.25. The molecular weight excluding hydrogens is 162 g/mol. The van der Waals surface area contributed by atoms with Crippen LogP contribution >= 0.6 is 0 Å². The summed E-state index contributed by atoms with van der Waals surface area (Å²) in [5, 5.41) is 0. The second-order valence-corrected chi connectivity index (χ2v) is 2.58. The van der Waals surface area contributed by atoms with Gasteiger partial charge in [0.2, 0.25) is 0 Å². The molecule has 6 heteroatoms. The number of carbonyl (C=O) groups is 1. The zero-order valence-corrected chi connectivity index (χ0v) is 7.76. The van der Waals surface area contributed by atoms with E-state index in [2.05, 4.69) is 16.4 Å². The summed E-state index contributed by atoms with van der Waals surface area (Å²) >= 11 is 0. The first-order valence-electron chi connectivity index (χ1n) is 3.16. The van der Waals surface area contributed by atoms with Gasteiger partial charge in [-0.2, -0.15) is 0 Å². The summed E-state index contributed by atoms with van der Waals surface area (Å²) in [6.45, 7) is 3.82. The summed E-state index contributed by atoms with van der Waals surface area (Å²) in [5.41, 5.74) is 4.75. The van der Waals surface area contributed by atoms with E-state index < -0.39 is 5.41 Å². The standard InChI is InChI=1S/C6H13NO2.H4N2.H2O/c1-6(2,4-7)5(8)9-3;1-2;/h4,7H2,1-3H3;1-2H2;1H2. The van der Waals surface area contributed by atoms with E-state index in [1.54, 1.807) is 13.8 Å². The highest BCUT2D eigenvalue weighted by Crippen LogP contribution is 2.13. The molecule has 0 aromatic carbocycles. The maximum absolute atomic E-state index is 10.8. The van der Waals surface area contributed by atoms with Crippen molar-refractivity contribution in [3.8, 4) is 0 Å². The minimum atomic E-state index is -0.533. The third-order valence-electron chi connectivity index (χ3n) is 1.25. The van der Waals surface area contributed by atoms with Gasteiger partial charge >= 0.3 is 5.97 Å². The molecule has 0 fully saturated rings. The Hall–Kier alpha value is -0.690. The van der Waals surface area contributed by atoms with Crippen LogP contribution in [0, 0.1) is 5.41 Å². The molecule has 0 rings (SSSR count). The molecular formula is C6H19N3O3. The Morgan fingerprint density at radius 2 is 1.75 bits per heavy atom. The van der Waals surface area contributed by atoms with Gasteiger partial charge in [-0.05, 0) is 13.8 Å². The van der Waals surface area contributed by atoms with E-state index in [-0.39, 0.29) is 11.4 Å². The fourth-order valence-corrected chi connectivity index (χ4v) is 0.360. The maximum Gasteiger partial charge on any atom is 0.312 e. The summed E-state index contributed by atoms with van der Waals surface area (Å²) in [6, 6.07) is 0. The number of hydrazine groups is 1. The van der Waals surface area contributed by atoms with Crippen molar-refractivity contribution in [1.29, 1.82) is 0 Å². The number of rotatable bonds is 2. The van der Waals surface area contributed by atoms with Crippen molar-refractivity contribution < 1.29 is 15.0 Å². The molecule has 0 unspecified atom stereocenters. The molecule has 0 bridgehead atoms. The minimum absolute atomic E-state index is 0. The van der Waals surface area contributed by atoms with Crippen LogP contribution in [0.5, 0.6) is 0 Å². The van der Waals surface area contributed by atoms with Crippen LogP contribution in [0.2, 0.25) is 0 Å². The lowest BCUT2D eigenvalue weighted by molar-refractivity contribution is -0.150. The SMILES string of the molecule is COC(=O)C(C)(C)CN.NN.O. The molecule has 12 heavy (non-hydrogen) atoms. The van der Waals surface area contributed by atoms with Crippen molar-refractivity contribution >= 4 is 5.97 Å². The van der Waals surface area contributed by atoms with Crippen molar-refractivity contribution in [2.24, 2.45) is 22.8 Å². The average molecular weight is 181 g/mol. The summed E-state index contributed by atoms with van der Waals surface area (Å²) < 4.78 is 4.49. The molecule has 8 N–H and O–H groups in total. The third kappa shape index (κ3) is 6.05. The van der Waals surface area contributed by atoms with Gasteiger partial charge in [0.05, 0.1) is 12.5 Å². The molecule has 0 spiro atoms. The highest BCUT2D eigenvalue weighted by Gasteiger charge is 2.26. The number of methoxy groups -OCH3 is 1. The van der Waals surface area contributed by atoms with Gasteiger partial charge in [-0.1, -0.05) is 0 Å². The number of ether oxygens (including phenoxy) is 1. The van der Waals surface area contributed by atoms with Gasteiger partial charge in [-0.25, -0.2) is 0 Å². The Balaban J connectivity index is -0.000000249. The topological polar surface area (TPSA) is 136 Å². The van der Waals surface area contributed by atoms with Crippen LogP contribution < -0.4 is 17.4 Å². The Morgan fingerprint density at radius 3 is 1.83 bits per heavy atom. The van der Waals surface area contributed by atoms with Crippen LogP contribution in [-0.4, -0.2) is 25.1 Å². The van der Waals surface area contributed by atoms with Crippen molar-refractivity contribution in [2.75, 3.05) is 13.7 Å². The van der Waals surface area contributed by atoms with Gasteiger partial charge in [0.1, 0.15) is 0 Å². The fourth-order valence-electron chi connectivity index (χ4n) is 0.360. The summed E-state index contributed by atoms with van der Waals surface area (Å²) in [6.07, 6.45) is 0. The van der Waals surface area contributed by atoms with E-state index in [1.165, 1.54) is 7.11 Å². The lowest BCUT2D eigenvalue weighted by Gasteiger charge is -2.17. The number of esters is 1. The molecule has 0 aromatic heterocycles. The predicted molar refractivity (Wildman–Crippen MR) is 46.8 cm³/mol. The van der Waals surface area contributed by atoms with Gasteiger partial charge in [0.15, 0.2) is 0 Å². The average Bonchev–Trinajstić information content (AvgIpc) is 2.06. The molecule has 6 nitrogen and oxygen atoms in total. The lowest BCUT2D eigenvalue weighted by Crippen LogP contribution is -2.33. The van der Waals surface area contributed by atoms with Crippen LogP contribution in [-0.2, 0) is 9.53 Å². The zero-order chi connectivity index (χ0) is 9.49. The van der Waals surface area contributed by atoms with Crippen LogP contribution in [0.15, 0.2) is 0 Å². The molecule has 0 amide bonds. The molecule has 0 aliphatic rings. The van der Waals surface area contributed by atoms with E-state index in [1.807, 2.05) is 0 Å². The van der Waals surface area contributed by atoms with Crippen LogP contribution in [0.4, 0.5) is 0 Å². The first kappa shape index (κ1) is 17.4. The normalized spacial score (nSPS) is 8.83. The van der Waals surface area contributed by atoms with E-state index in [9.17, 15) is 4.79 Å². The molecule has 0 heterocycles. The highest BCUT2D eigenvalue weighted by molar-refractivity contribution is 5.75. The Bertz CT molecular complexity index is 117. The van der Waals surface area contributed by atoms with Crippen LogP contribution in [0.25, 0.3) is 0 Å². The smallest absolute Gasteiger partial charge is 0.312 e. The number of hydrogen-bond donors (Lipinski definition) is 3. The first-order valence-corrected chi connectivity index (χ1v) is 3.16. The van der Waals surface area contributed by atoms with Crippen molar-refractivity contribution in [3.05, 3.63) is 0 Å². The number of carbonyl (C=O) groups excluding carboxylic acids is 1. The van der Waals surface area contributed by atoms with E-state index in [0.29, 0.717) is 6.54 Å². The minimum Gasteiger partial charge on any atom is -0.469 e. The monoisotopic (exact) mass is 181 g/mol. The van der Waals surface area contributed by atoms with Gasteiger partial charge in [0.25, 0.3) is 0 Å². The van der Waals surface area contributed by atoms with E-state index in [4.69, 9.17) is 5.73 Å². The molecule has 0 atom stereocenters. The number of nitrogens with two attached hydrogens (primary N) is 3. The zero-order valence-electron chi connectivity index (χ0n) is 7.76. The van der Waals surface area contributed by atoms with Gasteiger partial charge in [0, 0.05) is 6.54 Å². The fraction of sp³-hybridized carbons (Fsp3) is 0.833. The predicted octanol–water partition coefficient (Wildman–Crippen LogP) is -1.86. The molecule has 0 aromatic rings. The molecule has 0 aliphatic heterocycles. The molecule has 0 saturated heterocycles. The first-order chi connectivity index (χ1) is 5.04. The summed E-state index contributed by atoms with van der Waals surface area (Å²) in [7, 11) is 1.36. The van der Waals surface area contributed by atoms with Crippen molar-refractivity contribution in [1.82, 2.24) is 0 Å². The second-order valence-electron chi connectivity index (χ2n) is 2.58. The van der Waals surface area contributed by atoms with Gasteiger partial charge < -0.3 is 15.9 Å². The summed E-state index contributed by atoms with van der Waals surface area (Å²) in [5.74, 6) is 7.74. The molecule has 0 aliphatic carbocycles. The Labute approximate surface area is 72.3 Å². The Kier molecular flexibility index (Phi) is 12.2. The van der Waals surface area contributed by atoms with Gasteiger partial charge in [-0.15, -0.1) is 0 Å². The van der Waals surface area contributed by atoms with E-state index >= 15 is 0 Å². The van der Waals surface area contributed by atoms with Gasteiger partial charge in [-0.3, -0.25) is 16.5 Å². The lowest BCUT2D eigenvalue weighted by atomic mass is 9.94. The largest absolute Gasteiger partial charge is 0.469 e. The molecule has 76 valence electrons. The number of hydrogen-bond acceptors (Lipinski definition) is 5. The molecule has 0 saturated carbocycles. The van der Waals surface area contributed by atoms with E-state index in [0.717, 1.165) is 0 Å². The van der Waals surface area contributed by atoms with Crippen molar-refractivity contribution in [2.45, 2.75) is 13.8 Å². The second kappa shape index (κ2) is 8.41.